The molecule has 0 aromatic heterocycles. The van der Waals surface area contributed by atoms with Crippen LogP contribution in [0.4, 0.5) is 0 Å². The maximum atomic E-state index is 2.70. The van der Waals surface area contributed by atoms with E-state index in [2.05, 4.69) is 72.0 Å². The average molecular weight is 567 g/mol. The molecule has 0 saturated heterocycles. The zero-order valence-electron chi connectivity index (χ0n) is 23.4. The van der Waals surface area contributed by atoms with Crippen molar-refractivity contribution in [2.75, 3.05) is 0 Å². The first-order chi connectivity index (χ1) is 16.3. The molecule has 3 rings (SSSR count). The Labute approximate surface area is 216 Å². The van der Waals surface area contributed by atoms with Crippen LogP contribution in [0.15, 0.2) is 36.4 Å². The van der Waals surface area contributed by atoms with Crippen molar-refractivity contribution in [3.8, 4) is 11.1 Å². The Balaban J connectivity index is 1.95. The molecule has 0 radical (unpaired) electrons. The SMILES string of the molecule is CCCCCCCCC1(CCCCCCCC)c2cc(C)ccc2-c2cc[c]([Sn]([CH3])([CH3])[CH3])cc21. The van der Waals surface area contributed by atoms with Crippen molar-refractivity contribution in [2.24, 2.45) is 0 Å². The van der Waals surface area contributed by atoms with Gasteiger partial charge in [0.05, 0.1) is 0 Å². The van der Waals surface area contributed by atoms with Gasteiger partial charge in [-0.15, -0.1) is 0 Å². The standard InChI is InChI=1S/C30H43.3CH3.Sn/c1-4-6-8-10-12-16-22-30(23-17-13-11-9-7-5-2)28-19-15-14-18-26(28)27-21-20-25(3)24-29(27)30;;;;/h14,18-21,24H,4-13,16-17,22-23H2,1-3H3;3*1H3;. The number of hydrogen-bond acceptors (Lipinski definition) is 0. The second kappa shape index (κ2) is 13.0. The Morgan fingerprint density at radius 3 is 1.59 bits per heavy atom. The van der Waals surface area contributed by atoms with Crippen molar-refractivity contribution in [2.45, 2.75) is 131 Å². The summed E-state index contributed by atoms with van der Waals surface area (Å²) in [5.74, 6) is 0. The van der Waals surface area contributed by atoms with Gasteiger partial charge in [0, 0.05) is 0 Å². The molecule has 1 aliphatic rings. The van der Waals surface area contributed by atoms with Gasteiger partial charge in [0.2, 0.25) is 0 Å². The fourth-order valence-corrected chi connectivity index (χ4v) is 9.47. The summed E-state index contributed by atoms with van der Waals surface area (Å²) >= 11 is -2.15. The number of unbranched alkanes of at least 4 members (excludes halogenated alkanes) is 10. The van der Waals surface area contributed by atoms with Gasteiger partial charge in [0.25, 0.3) is 0 Å². The summed E-state index contributed by atoms with van der Waals surface area (Å²) in [6.07, 6.45) is 19.3. The number of fused-ring (bicyclic) bond motifs is 3. The topological polar surface area (TPSA) is 0 Å². The van der Waals surface area contributed by atoms with Crippen LogP contribution in [0.5, 0.6) is 0 Å². The molecule has 188 valence electrons. The third kappa shape index (κ3) is 6.71. The molecule has 0 aliphatic heterocycles. The molecule has 1 heteroatoms. The van der Waals surface area contributed by atoms with E-state index in [0.717, 1.165) is 0 Å². The summed E-state index contributed by atoms with van der Waals surface area (Å²) in [5, 5.41) is 0. The van der Waals surface area contributed by atoms with E-state index in [-0.39, 0.29) is 5.41 Å². The van der Waals surface area contributed by atoms with Crippen LogP contribution in [0, 0.1) is 6.92 Å². The molecule has 0 saturated carbocycles. The van der Waals surface area contributed by atoms with Crippen molar-refractivity contribution < 1.29 is 0 Å². The van der Waals surface area contributed by atoms with Gasteiger partial charge >= 0.3 is 217 Å². The van der Waals surface area contributed by atoms with Crippen LogP contribution in [0.25, 0.3) is 11.1 Å². The molecule has 0 bridgehead atoms. The van der Waals surface area contributed by atoms with Crippen molar-refractivity contribution in [3.05, 3.63) is 53.1 Å². The normalized spacial score (nSPS) is 14.3. The second-order valence-corrected chi connectivity index (χ2v) is 26.7. The van der Waals surface area contributed by atoms with Crippen molar-refractivity contribution in [1.82, 2.24) is 0 Å². The second-order valence-electron chi connectivity index (χ2n) is 12.2. The molecule has 0 spiro atoms. The quantitative estimate of drug-likeness (QED) is 0.148. The van der Waals surface area contributed by atoms with E-state index in [0.29, 0.717) is 0 Å². The van der Waals surface area contributed by atoms with Crippen LogP contribution in [0.2, 0.25) is 14.8 Å². The molecular weight excluding hydrogens is 515 g/mol. The van der Waals surface area contributed by atoms with Gasteiger partial charge in [-0.3, -0.25) is 0 Å². The first kappa shape index (κ1) is 27.8. The Bertz CT molecular complexity index is 885. The summed E-state index contributed by atoms with van der Waals surface area (Å²) in [4.78, 5) is 7.73. The van der Waals surface area contributed by atoms with Crippen molar-refractivity contribution in [3.63, 3.8) is 0 Å². The van der Waals surface area contributed by atoms with Gasteiger partial charge in [-0.2, -0.15) is 0 Å². The summed E-state index contributed by atoms with van der Waals surface area (Å²) in [5.41, 5.74) is 8.10. The van der Waals surface area contributed by atoms with E-state index in [1.165, 1.54) is 101 Å². The fraction of sp³-hybridized carbons (Fsp3) is 0.636. The summed E-state index contributed by atoms with van der Waals surface area (Å²) in [6, 6.07) is 15.0. The van der Waals surface area contributed by atoms with Crippen LogP contribution in [0.3, 0.4) is 0 Å². The van der Waals surface area contributed by atoms with Gasteiger partial charge in [-0.25, -0.2) is 0 Å². The van der Waals surface area contributed by atoms with Crippen LogP contribution < -0.4 is 3.58 Å². The molecule has 34 heavy (non-hydrogen) atoms. The van der Waals surface area contributed by atoms with Crippen LogP contribution >= 0.6 is 0 Å². The molecule has 2 aromatic carbocycles. The zero-order valence-corrected chi connectivity index (χ0v) is 26.2. The Morgan fingerprint density at radius 1 is 0.588 bits per heavy atom. The molecular formula is C33H52Sn. The van der Waals surface area contributed by atoms with Gasteiger partial charge in [-0.1, -0.05) is 0 Å². The summed E-state index contributed by atoms with van der Waals surface area (Å²) in [6.45, 7) is 6.94. The first-order valence-electron chi connectivity index (χ1n) is 14.6. The summed E-state index contributed by atoms with van der Waals surface area (Å²) < 4.78 is 1.70. The van der Waals surface area contributed by atoms with Crippen molar-refractivity contribution in [1.29, 1.82) is 0 Å². The minimum atomic E-state index is -2.15. The predicted molar refractivity (Wildman–Crippen MR) is 156 cm³/mol. The molecule has 0 heterocycles. The molecule has 0 atom stereocenters. The Kier molecular flexibility index (Phi) is 10.6. The van der Waals surface area contributed by atoms with Crippen LogP contribution in [-0.2, 0) is 5.41 Å². The zero-order chi connectivity index (χ0) is 24.6. The predicted octanol–water partition coefficient (Wildman–Crippen LogP) is 10.3. The number of benzene rings is 2. The van der Waals surface area contributed by atoms with Gasteiger partial charge in [0.1, 0.15) is 0 Å². The Morgan fingerprint density at radius 2 is 1.06 bits per heavy atom. The average Bonchev–Trinajstić information content (AvgIpc) is 3.06. The van der Waals surface area contributed by atoms with Gasteiger partial charge < -0.3 is 0 Å². The van der Waals surface area contributed by atoms with E-state index < -0.39 is 18.4 Å². The summed E-state index contributed by atoms with van der Waals surface area (Å²) in [7, 11) is 0. The molecule has 0 fully saturated rings. The van der Waals surface area contributed by atoms with Crippen molar-refractivity contribution >= 4 is 22.0 Å². The number of hydrogen-bond donors (Lipinski definition) is 0. The maximum absolute atomic E-state index is 2.70. The molecule has 0 unspecified atom stereocenters. The number of aryl methyl sites for hydroxylation is 1. The molecule has 0 nitrogen and oxygen atoms in total. The van der Waals surface area contributed by atoms with E-state index >= 15 is 0 Å². The Hall–Kier alpha value is -0.761. The monoisotopic (exact) mass is 568 g/mol. The third-order valence-corrected chi connectivity index (χ3v) is 14.1. The van der Waals surface area contributed by atoms with Crippen LogP contribution in [-0.4, -0.2) is 18.4 Å². The van der Waals surface area contributed by atoms with E-state index in [4.69, 9.17) is 0 Å². The van der Waals surface area contributed by atoms with Crippen LogP contribution in [0.1, 0.15) is 120 Å². The van der Waals surface area contributed by atoms with Gasteiger partial charge in [-0.05, 0) is 0 Å². The first-order valence-corrected chi connectivity index (χ1v) is 24.6. The molecule has 0 N–H and O–H groups in total. The third-order valence-electron chi connectivity index (χ3n) is 8.30. The fourth-order valence-electron chi connectivity index (χ4n) is 6.15. The minimum absolute atomic E-state index is 0.235. The van der Waals surface area contributed by atoms with Gasteiger partial charge in [0.15, 0.2) is 0 Å². The van der Waals surface area contributed by atoms with E-state index in [9.17, 15) is 0 Å². The molecule has 0 amide bonds. The molecule has 1 aliphatic carbocycles. The molecule has 2 aromatic rings. The van der Waals surface area contributed by atoms with E-state index in [1.54, 1.807) is 20.3 Å². The number of rotatable bonds is 15. The van der Waals surface area contributed by atoms with E-state index in [1.807, 2.05) is 0 Å².